The second-order valence-corrected chi connectivity index (χ2v) is 11.2. The molecule has 7 nitrogen and oxygen atoms in total. The zero-order valence-electron chi connectivity index (χ0n) is 22.9. The van der Waals surface area contributed by atoms with Gasteiger partial charge in [0.15, 0.2) is 5.75 Å². The van der Waals surface area contributed by atoms with Crippen LogP contribution in [0.4, 0.5) is 0 Å². The highest BCUT2D eigenvalue weighted by Crippen LogP contribution is 2.39. The molecule has 204 valence electrons. The maximum absolute atomic E-state index is 11.4. The third-order valence-corrected chi connectivity index (χ3v) is 6.69. The molecule has 0 aliphatic heterocycles. The van der Waals surface area contributed by atoms with Crippen LogP contribution in [0.1, 0.15) is 45.2 Å². The van der Waals surface area contributed by atoms with E-state index in [1.807, 2.05) is 30.3 Å². The van der Waals surface area contributed by atoms with E-state index >= 15 is 0 Å². The van der Waals surface area contributed by atoms with E-state index in [1.165, 1.54) is 10.4 Å². The summed E-state index contributed by atoms with van der Waals surface area (Å²) < 4.78 is 5.08. The summed E-state index contributed by atoms with van der Waals surface area (Å²) in [7, 11) is 0. The number of benzene rings is 3. The van der Waals surface area contributed by atoms with E-state index < -0.39 is 0 Å². The van der Waals surface area contributed by atoms with Gasteiger partial charge in [-0.1, -0.05) is 63.2 Å². The van der Waals surface area contributed by atoms with Gasteiger partial charge in [0, 0.05) is 22.7 Å². The van der Waals surface area contributed by atoms with Crippen LogP contribution >= 0.6 is 11.6 Å². The lowest BCUT2D eigenvalue weighted by molar-refractivity contribution is -0.138. The van der Waals surface area contributed by atoms with Crippen LogP contribution in [0.5, 0.6) is 5.75 Å². The molecular formula is C31H35ClN4O3. The van der Waals surface area contributed by atoms with Gasteiger partial charge in [0.2, 0.25) is 0 Å². The predicted molar refractivity (Wildman–Crippen MR) is 157 cm³/mol. The quantitative estimate of drug-likeness (QED) is 0.136. The summed E-state index contributed by atoms with van der Waals surface area (Å²) >= 11 is 6.14. The van der Waals surface area contributed by atoms with Gasteiger partial charge < -0.3 is 15.2 Å². The fourth-order valence-corrected chi connectivity index (χ4v) is 4.32. The second-order valence-electron chi connectivity index (χ2n) is 10.7. The lowest BCUT2D eigenvalue weighted by atomic mass is 9.84. The monoisotopic (exact) mass is 546 g/mol. The highest BCUT2D eigenvalue weighted by atomic mass is 35.5. The molecule has 0 bridgehead atoms. The zero-order chi connectivity index (χ0) is 28.2. The molecule has 0 unspecified atom stereocenters. The van der Waals surface area contributed by atoms with Crippen molar-refractivity contribution in [3.05, 3.63) is 82.9 Å². The molecule has 0 saturated heterocycles. The number of ether oxygens (including phenoxy) is 1. The third kappa shape index (κ3) is 7.05. The number of phenols is 1. The fourth-order valence-electron chi connectivity index (χ4n) is 4.15. The number of phenolic OH excluding ortho intramolecular Hbond substituents is 1. The number of nitrogens with one attached hydrogen (secondary N) is 1. The summed E-state index contributed by atoms with van der Waals surface area (Å²) in [5, 5.41) is 24.4. The Labute approximate surface area is 234 Å². The molecule has 0 spiro atoms. The van der Waals surface area contributed by atoms with Gasteiger partial charge in [-0.05, 0) is 78.7 Å². The van der Waals surface area contributed by atoms with Crippen LogP contribution in [0.3, 0.4) is 0 Å². The molecular weight excluding hydrogens is 512 g/mol. The summed E-state index contributed by atoms with van der Waals surface area (Å²) in [6, 6.07) is 17.6. The molecule has 0 radical (unpaired) electrons. The van der Waals surface area contributed by atoms with Crippen LogP contribution in [-0.2, 0) is 21.4 Å². The number of esters is 1. The standard InChI is InChI=1S/C31H35ClN4O3/c1-20(2)30(38)39-16-15-33-14-6-7-21-8-10-22(11-9-21)25-17-23(31(3,4)5)18-28(29(25)37)36-34-26-13-12-24(32)19-27(26)35-36/h8-13,17-19,33,37H,1,6-7,14-16H2,2-5H3. The molecule has 8 heteroatoms. The Morgan fingerprint density at radius 3 is 2.46 bits per heavy atom. The van der Waals surface area contributed by atoms with E-state index in [-0.39, 0.29) is 17.1 Å². The Morgan fingerprint density at radius 2 is 1.77 bits per heavy atom. The maximum atomic E-state index is 11.4. The van der Waals surface area contributed by atoms with Crippen LogP contribution in [0.15, 0.2) is 66.7 Å². The first kappa shape index (κ1) is 28.3. The molecule has 1 heterocycles. The Hall–Kier alpha value is -3.68. The van der Waals surface area contributed by atoms with Crippen molar-refractivity contribution < 1.29 is 14.6 Å². The normalized spacial score (nSPS) is 11.6. The van der Waals surface area contributed by atoms with E-state index in [0.717, 1.165) is 36.1 Å². The minimum Gasteiger partial charge on any atom is -0.505 e. The highest BCUT2D eigenvalue weighted by molar-refractivity contribution is 6.31. The number of nitrogens with zero attached hydrogens (tertiary/aromatic N) is 3. The van der Waals surface area contributed by atoms with Crippen LogP contribution in [0.2, 0.25) is 5.02 Å². The number of aryl methyl sites for hydroxylation is 1. The minimum absolute atomic E-state index is 0.124. The van der Waals surface area contributed by atoms with Crippen LogP contribution < -0.4 is 5.32 Å². The smallest absolute Gasteiger partial charge is 0.333 e. The molecule has 4 aromatic rings. The third-order valence-electron chi connectivity index (χ3n) is 6.46. The van der Waals surface area contributed by atoms with E-state index in [9.17, 15) is 9.90 Å². The average molecular weight is 547 g/mol. The van der Waals surface area contributed by atoms with E-state index in [2.05, 4.69) is 55.0 Å². The van der Waals surface area contributed by atoms with Crippen molar-refractivity contribution in [3.8, 4) is 22.6 Å². The minimum atomic E-state index is -0.359. The van der Waals surface area contributed by atoms with Gasteiger partial charge in [0.05, 0.1) is 0 Å². The molecule has 3 aromatic carbocycles. The maximum Gasteiger partial charge on any atom is 0.333 e. The van der Waals surface area contributed by atoms with Crippen molar-refractivity contribution >= 4 is 28.6 Å². The van der Waals surface area contributed by atoms with Gasteiger partial charge in [-0.3, -0.25) is 0 Å². The first-order chi connectivity index (χ1) is 18.5. The number of hydrogen-bond acceptors (Lipinski definition) is 6. The number of halogens is 1. The summed E-state index contributed by atoms with van der Waals surface area (Å²) in [5.74, 6) is -0.235. The number of carbonyl (C=O) groups is 1. The van der Waals surface area contributed by atoms with E-state index in [4.69, 9.17) is 16.3 Å². The lowest BCUT2D eigenvalue weighted by Crippen LogP contribution is -2.22. The molecule has 2 N–H and O–H groups in total. The number of hydrogen-bond donors (Lipinski definition) is 2. The van der Waals surface area contributed by atoms with E-state index in [1.54, 1.807) is 19.1 Å². The van der Waals surface area contributed by atoms with Gasteiger partial charge in [-0.25, -0.2) is 4.79 Å². The van der Waals surface area contributed by atoms with Crippen molar-refractivity contribution in [3.63, 3.8) is 0 Å². The number of aromatic hydroxyl groups is 1. The summed E-state index contributed by atoms with van der Waals surface area (Å²) in [6.45, 7) is 13.4. The van der Waals surface area contributed by atoms with Gasteiger partial charge in [-0.2, -0.15) is 0 Å². The van der Waals surface area contributed by atoms with Crippen LogP contribution in [0, 0.1) is 0 Å². The Kier molecular flexibility index (Phi) is 8.73. The SMILES string of the molecule is C=C(C)C(=O)OCCNCCCc1ccc(-c2cc(C(C)(C)C)cc(-n3nc4ccc(Cl)cc4n3)c2O)cc1. The van der Waals surface area contributed by atoms with Crippen molar-refractivity contribution in [1.29, 1.82) is 0 Å². The Balaban J connectivity index is 1.48. The van der Waals surface area contributed by atoms with Crippen LogP contribution in [-0.4, -0.2) is 45.8 Å². The molecule has 0 fully saturated rings. The van der Waals surface area contributed by atoms with Gasteiger partial charge >= 0.3 is 5.97 Å². The molecule has 1 aromatic heterocycles. The molecule has 0 atom stereocenters. The van der Waals surface area contributed by atoms with Gasteiger partial charge in [0.25, 0.3) is 0 Å². The van der Waals surface area contributed by atoms with Crippen molar-refractivity contribution in [2.75, 3.05) is 19.7 Å². The first-order valence-corrected chi connectivity index (χ1v) is 13.4. The van der Waals surface area contributed by atoms with Gasteiger partial charge in [-0.15, -0.1) is 15.0 Å². The zero-order valence-corrected chi connectivity index (χ0v) is 23.7. The summed E-state index contributed by atoms with van der Waals surface area (Å²) in [4.78, 5) is 12.9. The van der Waals surface area contributed by atoms with E-state index in [0.29, 0.717) is 40.5 Å². The molecule has 0 aliphatic rings. The van der Waals surface area contributed by atoms with Crippen molar-refractivity contribution in [2.45, 2.75) is 46.0 Å². The van der Waals surface area contributed by atoms with Crippen molar-refractivity contribution in [1.82, 2.24) is 20.3 Å². The number of carbonyl (C=O) groups excluding carboxylic acids is 1. The molecule has 0 amide bonds. The topological polar surface area (TPSA) is 89.3 Å². The lowest BCUT2D eigenvalue weighted by Gasteiger charge is -2.22. The molecule has 0 saturated carbocycles. The predicted octanol–water partition coefficient (Wildman–Crippen LogP) is 6.39. The Morgan fingerprint density at radius 1 is 1.05 bits per heavy atom. The summed E-state index contributed by atoms with van der Waals surface area (Å²) in [5.41, 5.74) is 6.06. The molecule has 39 heavy (non-hydrogen) atoms. The van der Waals surface area contributed by atoms with Crippen molar-refractivity contribution in [2.24, 2.45) is 0 Å². The highest BCUT2D eigenvalue weighted by Gasteiger charge is 2.22. The fraction of sp³-hybridized carbons (Fsp3) is 0.323. The number of fused-ring (bicyclic) bond motifs is 1. The first-order valence-electron chi connectivity index (χ1n) is 13.1. The second kappa shape index (κ2) is 12.0. The average Bonchev–Trinajstić information content (AvgIpc) is 3.30. The molecule has 0 aliphatic carbocycles. The number of rotatable bonds is 10. The number of aromatic nitrogens is 3. The van der Waals surface area contributed by atoms with Gasteiger partial charge in [0.1, 0.15) is 23.3 Å². The summed E-state index contributed by atoms with van der Waals surface area (Å²) in [6.07, 6.45) is 1.86. The molecule has 4 rings (SSSR count). The largest absolute Gasteiger partial charge is 0.505 e. The Bertz CT molecular complexity index is 1490. The van der Waals surface area contributed by atoms with Crippen LogP contribution in [0.25, 0.3) is 27.8 Å².